The quantitative estimate of drug-likeness (QED) is 0.479. The van der Waals surface area contributed by atoms with Gasteiger partial charge in [0.1, 0.15) is 11.6 Å². The monoisotopic (exact) mass is 292 g/mol. The summed E-state index contributed by atoms with van der Waals surface area (Å²) in [5.41, 5.74) is 0. The van der Waals surface area contributed by atoms with Crippen LogP contribution in [0.2, 0.25) is 0 Å². The van der Waals surface area contributed by atoms with Crippen LogP contribution in [0, 0.1) is 0 Å². The van der Waals surface area contributed by atoms with Crippen LogP contribution in [0.3, 0.4) is 0 Å². The lowest BCUT2D eigenvalue weighted by Crippen LogP contribution is -2.46. The highest BCUT2D eigenvalue weighted by molar-refractivity contribution is 6.39. The van der Waals surface area contributed by atoms with Gasteiger partial charge in [-0.05, 0) is 41.5 Å². The van der Waals surface area contributed by atoms with Crippen LogP contribution in [0.15, 0.2) is 0 Å². The molecule has 0 unspecified atom stereocenters. The van der Waals surface area contributed by atoms with Gasteiger partial charge < -0.3 is 20.8 Å². The van der Waals surface area contributed by atoms with E-state index in [4.69, 9.17) is 20.8 Å². The van der Waals surface area contributed by atoms with Gasteiger partial charge in [-0.15, -0.1) is 0 Å². The summed E-state index contributed by atoms with van der Waals surface area (Å²) in [5.74, 6) is -2.19. The number of rotatable bonds is 9. The molecule has 0 spiro atoms. The minimum atomic E-state index is -2.70. The molecule has 19 heavy (non-hydrogen) atoms. The Bertz CT molecular complexity index is 259. The van der Waals surface area contributed by atoms with Gasteiger partial charge in [0.2, 0.25) is 0 Å². The van der Waals surface area contributed by atoms with Gasteiger partial charge in [0.05, 0.1) is 0 Å². The molecular weight excluding hydrogens is 267 g/mol. The van der Waals surface area contributed by atoms with Crippen LogP contribution >= 0.6 is 0 Å². The largest absolute Gasteiger partial charge is 1.01 e. The Balaban J connectivity index is 4.67. The second kappa shape index (κ2) is 8.20. The van der Waals surface area contributed by atoms with E-state index in [1.807, 2.05) is 13.8 Å². The summed E-state index contributed by atoms with van der Waals surface area (Å²) in [6.07, 6.45) is 0. The van der Waals surface area contributed by atoms with Crippen molar-refractivity contribution in [1.82, 2.24) is 0 Å². The van der Waals surface area contributed by atoms with Crippen molar-refractivity contribution in [2.24, 2.45) is 0 Å². The fraction of sp³-hybridized carbons (Fsp3) is 0.917. The van der Waals surface area contributed by atoms with Gasteiger partial charge in [0.25, 0.3) is 5.97 Å². The van der Waals surface area contributed by atoms with Crippen molar-refractivity contribution in [3.8, 4) is 0 Å². The smallest absolute Gasteiger partial charge is 0.572 e. The molecule has 0 N–H and O–H groups in total. The Hall–Kier alpha value is -0.158. The van der Waals surface area contributed by atoms with Crippen LogP contribution in [-0.2, 0) is 25.6 Å². The molecule has 0 radical (unpaired) electrons. The Morgan fingerprint density at radius 3 is 1.58 bits per heavy atom. The number of carbonyl (C=O) groups excluding carboxylic acids is 1. The molecule has 0 bridgehead atoms. The molecule has 0 fully saturated rings. The maximum atomic E-state index is 11.1. The van der Waals surface area contributed by atoms with Gasteiger partial charge in [-0.25, -0.2) is 0 Å². The van der Waals surface area contributed by atoms with Gasteiger partial charge >= 0.3 is 15.1 Å². The lowest BCUT2D eigenvalue weighted by atomic mass is 10.4. The molecule has 0 heterocycles. The molecule has 0 amide bonds. The third-order valence-corrected chi connectivity index (χ3v) is 4.05. The molecule has 0 aromatic carbocycles. The maximum absolute atomic E-state index is 11.1. The average molecular weight is 292 g/mol. The first-order valence-electron chi connectivity index (χ1n) is 6.42. The summed E-state index contributed by atoms with van der Waals surface area (Å²) < 4.78 is 27.2. The highest BCUT2D eigenvalue weighted by Gasteiger charge is 2.46. The molecule has 0 rings (SSSR count). The summed E-state index contributed by atoms with van der Waals surface area (Å²) in [6, 6.07) is 0. The molecule has 0 aliphatic carbocycles. The van der Waals surface area contributed by atoms with Crippen LogP contribution in [0.4, 0.5) is 0 Å². The third-order valence-electron chi connectivity index (χ3n) is 2.01. The van der Waals surface area contributed by atoms with E-state index in [1.54, 1.807) is 27.7 Å². The fourth-order valence-electron chi connectivity index (χ4n) is 1.43. The van der Waals surface area contributed by atoms with E-state index in [-0.39, 0.29) is 0 Å². The van der Waals surface area contributed by atoms with Gasteiger partial charge in [0.15, 0.2) is 0 Å². The minimum absolute atomic E-state index is 0.448. The topological polar surface area (TPSA) is 63.2 Å². The van der Waals surface area contributed by atoms with Crippen molar-refractivity contribution in [2.45, 2.75) is 60.0 Å². The molecule has 0 aliphatic rings. The van der Waals surface area contributed by atoms with Gasteiger partial charge in [-0.1, -0.05) is 0 Å². The second-order valence-electron chi connectivity index (χ2n) is 4.80. The summed E-state index contributed by atoms with van der Waals surface area (Å²) >= 11 is -2.70. The number of ether oxygens (including phenoxy) is 2. The average Bonchev–Trinajstić information content (AvgIpc) is 2.13. The van der Waals surface area contributed by atoms with Crippen molar-refractivity contribution in [1.29, 1.82) is 0 Å². The summed E-state index contributed by atoms with van der Waals surface area (Å²) in [5, 5.41) is 0. The zero-order valence-corrected chi connectivity index (χ0v) is 14.1. The summed E-state index contributed by atoms with van der Waals surface area (Å²) in [7, 11) is 0. The predicted octanol–water partition coefficient (Wildman–Crippen LogP) is 2.11. The zero-order chi connectivity index (χ0) is 15.1. The summed E-state index contributed by atoms with van der Waals surface area (Å²) in [6.45, 7) is 13.0. The molecular formula is C12H25AlO6. The van der Waals surface area contributed by atoms with E-state index in [0.29, 0.717) is 13.2 Å². The van der Waals surface area contributed by atoms with E-state index < -0.39 is 32.7 Å². The summed E-state index contributed by atoms with van der Waals surface area (Å²) in [4.78, 5) is 11.1. The van der Waals surface area contributed by atoms with Crippen molar-refractivity contribution < 1.29 is 25.6 Å². The molecule has 0 atom stereocenters. The second-order valence-corrected chi connectivity index (χ2v) is 6.08. The van der Waals surface area contributed by atoms with Crippen LogP contribution in [-0.4, -0.2) is 45.9 Å². The molecule has 0 aromatic heterocycles. The predicted molar refractivity (Wildman–Crippen MR) is 71.1 cm³/mol. The fourth-order valence-corrected chi connectivity index (χ4v) is 2.91. The van der Waals surface area contributed by atoms with E-state index in [1.165, 1.54) is 6.92 Å². The zero-order valence-electron chi connectivity index (χ0n) is 12.9. The van der Waals surface area contributed by atoms with Crippen LogP contribution in [0.1, 0.15) is 48.5 Å². The molecule has 7 heteroatoms. The molecule has 6 nitrogen and oxygen atoms in total. The lowest BCUT2D eigenvalue weighted by Gasteiger charge is -2.32. The molecule has 112 valence electrons. The third kappa shape index (κ3) is 9.39. The standard InChI is InChI=1S/2C5H11O2.C2H4O2.Al/c2*1-4-7-5(2,3)6;1-2(3)4;/h2*4H2,1-3H3;1H3,(H,3,4);/q2*-1;;+3/p-1. The maximum Gasteiger partial charge on any atom is 1.01 e. The Morgan fingerprint density at radius 2 is 1.32 bits per heavy atom. The van der Waals surface area contributed by atoms with Gasteiger partial charge in [-0.2, -0.15) is 0 Å². The Labute approximate surface area is 120 Å². The highest BCUT2D eigenvalue weighted by atomic mass is 27.3. The van der Waals surface area contributed by atoms with Crippen molar-refractivity contribution in [2.75, 3.05) is 13.2 Å². The number of hydrogen-bond acceptors (Lipinski definition) is 6. The minimum Gasteiger partial charge on any atom is -0.572 e. The Morgan fingerprint density at radius 1 is 0.947 bits per heavy atom. The number of carbonyl (C=O) groups is 1. The van der Waals surface area contributed by atoms with E-state index in [2.05, 4.69) is 0 Å². The molecule has 0 saturated carbocycles. The van der Waals surface area contributed by atoms with Crippen LogP contribution in [0.5, 0.6) is 0 Å². The molecule has 0 saturated heterocycles. The van der Waals surface area contributed by atoms with Crippen molar-refractivity contribution >= 4 is 21.1 Å². The van der Waals surface area contributed by atoms with Crippen LogP contribution in [0.25, 0.3) is 0 Å². The number of hydrogen-bond donors (Lipinski definition) is 0. The highest BCUT2D eigenvalue weighted by Crippen LogP contribution is 2.19. The van der Waals surface area contributed by atoms with Crippen molar-refractivity contribution in [3.63, 3.8) is 0 Å². The van der Waals surface area contributed by atoms with E-state index >= 15 is 0 Å². The molecule has 0 aromatic rings. The normalized spacial score (nSPS) is 12.4. The first-order valence-corrected chi connectivity index (χ1v) is 7.84. The van der Waals surface area contributed by atoms with E-state index in [9.17, 15) is 4.79 Å². The van der Waals surface area contributed by atoms with Gasteiger partial charge in [0, 0.05) is 20.1 Å². The lowest BCUT2D eigenvalue weighted by molar-refractivity contribution is -0.214. The van der Waals surface area contributed by atoms with Crippen LogP contribution < -0.4 is 0 Å². The first kappa shape index (κ1) is 18.8. The first-order chi connectivity index (χ1) is 8.62. The van der Waals surface area contributed by atoms with Gasteiger partial charge in [-0.3, -0.25) is 4.79 Å². The Kier molecular flexibility index (Phi) is 8.13. The molecule has 0 aliphatic heterocycles. The SMILES string of the molecule is CCOC(C)(C)[O][Al]([O]C(C)=O)[O]C(C)(C)OCC. The van der Waals surface area contributed by atoms with Crippen molar-refractivity contribution in [3.05, 3.63) is 0 Å². The van der Waals surface area contributed by atoms with E-state index in [0.717, 1.165) is 0 Å².